The minimum absolute atomic E-state index is 0. The third-order valence-electron chi connectivity index (χ3n) is 4.94. The van der Waals surface area contributed by atoms with E-state index in [2.05, 4.69) is 10.2 Å². The summed E-state index contributed by atoms with van der Waals surface area (Å²) in [6.07, 6.45) is 2.34. The van der Waals surface area contributed by atoms with Gasteiger partial charge in [-0.25, -0.2) is 0 Å². The lowest BCUT2D eigenvalue weighted by Crippen LogP contribution is -2.36. The molecular weight excluding hydrogens is 439 g/mol. The van der Waals surface area contributed by atoms with Crippen molar-refractivity contribution in [3.05, 3.63) is 56.8 Å². The van der Waals surface area contributed by atoms with Crippen LogP contribution in [-0.4, -0.2) is 30.4 Å². The smallest absolute Gasteiger partial charge is 0.263 e. The molecule has 4 rings (SSSR count). The van der Waals surface area contributed by atoms with Gasteiger partial charge in [0.05, 0.1) is 16.1 Å². The summed E-state index contributed by atoms with van der Waals surface area (Å²) in [5, 5.41) is 4.78. The highest BCUT2D eigenvalue weighted by molar-refractivity contribution is 7.21. The first-order chi connectivity index (χ1) is 13.0. The number of thiophene rings is 1. The number of benzene rings is 1. The number of carbonyl (C=O) groups is 1. The van der Waals surface area contributed by atoms with Crippen molar-refractivity contribution in [1.82, 2.24) is 10.2 Å². The fraction of sp³-hybridized carbons (Fsp3) is 0.350. The summed E-state index contributed by atoms with van der Waals surface area (Å²) in [4.78, 5) is 15.7. The van der Waals surface area contributed by atoms with E-state index in [4.69, 9.17) is 27.6 Å². The molecule has 3 heterocycles. The standard InChI is InChI=1S/C20H20Cl2N2O2S.ClH/c1-12-7-8-15(26-12)14(24-9-2-3-10-24)11-23-20(25)19-18(22)17-13(21)5-4-6-16(17)27-19;/h4-8,14H,2-3,9-11H2,1H3,(H,23,25);1H. The molecule has 0 aliphatic carbocycles. The molecule has 1 aliphatic rings. The second-order valence-corrected chi connectivity index (χ2v) is 8.61. The number of carbonyl (C=O) groups excluding carboxylic acids is 1. The van der Waals surface area contributed by atoms with Gasteiger partial charge in [-0.1, -0.05) is 29.3 Å². The maximum absolute atomic E-state index is 12.8. The maximum atomic E-state index is 12.8. The third-order valence-corrected chi connectivity index (χ3v) is 6.90. The zero-order valence-electron chi connectivity index (χ0n) is 15.3. The van der Waals surface area contributed by atoms with Crippen LogP contribution in [0.3, 0.4) is 0 Å². The zero-order chi connectivity index (χ0) is 19.0. The highest BCUT2D eigenvalue weighted by atomic mass is 35.5. The van der Waals surface area contributed by atoms with E-state index >= 15 is 0 Å². The van der Waals surface area contributed by atoms with Gasteiger partial charge >= 0.3 is 0 Å². The molecule has 1 fully saturated rings. The molecule has 28 heavy (non-hydrogen) atoms. The van der Waals surface area contributed by atoms with E-state index in [-0.39, 0.29) is 24.4 Å². The van der Waals surface area contributed by atoms with Crippen LogP contribution < -0.4 is 5.32 Å². The number of likely N-dealkylation sites (tertiary alicyclic amines) is 1. The lowest BCUT2D eigenvalue weighted by atomic mass is 10.2. The van der Waals surface area contributed by atoms with Crippen LogP contribution >= 0.6 is 46.9 Å². The van der Waals surface area contributed by atoms with Crippen LogP contribution in [0.25, 0.3) is 10.1 Å². The first-order valence-electron chi connectivity index (χ1n) is 8.99. The number of rotatable bonds is 5. The lowest BCUT2D eigenvalue weighted by molar-refractivity contribution is 0.0938. The van der Waals surface area contributed by atoms with E-state index in [1.807, 2.05) is 31.2 Å². The topological polar surface area (TPSA) is 45.5 Å². The Kier molecular flexibility index (Phi) is 6.94. The summed E-state index contributed by atoms with van der Waals surface area (Å²) in [5.74, 6) is 1.59. The van der Waals surface area contributed by atoms with E-state index in [0.717, 1.165) is 34.7 Å². The Hall–Kier alpha value is -1.24. The maximum Gasteiger partial charge on any atom is 0.263 e. The predicted molar refractivity (Wildman–Crippen MR) is 118 cm³/mol. The Morgan fingerprint density at radius 2 is 2.00 bits per heavy atom. The second kappa shape index (κ2) is 9.06. The Morgan fingerprint density at radius 3 is 2.64 bits per heavy atom. The van der Waals surface area contributed by atoms with E-state index in [0.29, 0.717) is 21.5 Å². The van der Waals surface area contributed by atoms with Gasteiger partial charge in [0, 0.05) is 16.6 Å². The van der Waals surface area contributed by atoms with E-state index in [1.54, 1.807) is 6.07 Å². The molecule has 1 aromatic carbocycles. The average molecular weight is 460 g/mol. The van der Waals surface area contributed by atoms with Crippen LogP contribution in [-0.2, 0) is 0 Å². The molecule has 2 aromatic heterocycles. The van der Waals surface area contributed by atoms with Gasteiger partial charge in [0.25, 0.3) is 5.91 Å². The van der Waals surface area contributed by atoms with Gasteiger partial charge in [-0.05, 0) is 57.1 Å². The fourth-order valence-corrected chi connectivity index (χ4v) is 5.45. The molecule has 0 radical (unpaired) electrons. The molecule has 8 heteroatoms. The Balaban J connectivity index is 0.00000225. The molecule has 0 bridgehead atoms. The van der Waals surface area contributed by atoms with Gasteiger partial charge in [-0.15, -0.1) is 23.7 Å². The van der Waals surface area contributed by atoms with Crippen LogP contribution in [0.1, 0.15) is 40.1 Å². The van der Waals surface area contributed by atoms with Crippen molar-refractivity contribution in [3.63, 3.8) is 0 Å². The highest BCUT2D eigenvalue weighted by Crippen LogP contribution is 2.39. The van der Waals surface area contributed by atoms with Crippen LogP contribution in [0.2, 0.25) is 10.0 Å². The number of aryl methyl sites for hydroxylation is 1. The van der Waals surface area contributed by atoms with Gasteiger partial charge < -0.3 is 9.73 Å². The second-order valence-electron chi connectivity index (χ2n) is 6.78. The summed E-state index contributed by atoms with van der Waals surface area (Å²) >= 11 is 14.1. The third kappa shape index (κ3) is 4.19. The van der Waals surface area contributed by atoms with E-state index in [1.165, 1.54) is 24.2 Å². The SMILES string of the molecule is Cc1ccc(C(CNC(=O)c2sc3cccc(Cl)c3c2Cl)N2CCCC2)o1.Cl. The number of nitrogens with one attached hydrogen (secondary N) is 1. The Morgan fingerprint density at radius 1 is 1.25 bits per heavy atom. The molecule has 0 saturated carbocycles. The average Bonchev–Trinajstić information content (AvgIpc) is 3.37. The first kappa shape index (κ1) is 21.5. The van der Waals surface area contributed by atoms with Crippen LogP contribution in [0.4, 0.5) is 0 Å². The van der Waals surface area contributed by atoms with E-state index in [9.17, 15) is 4.79 Å². The summed E-state index contributed by atoms with van der Waals surface area (Å²) in [5.41, 5.74) is 0. The fourth-order valence-electron chi connectivity index (χ4n) is 3.58. The molecular formula is C20H21Cl3N2O2S. The monoisotopic (exact) mass is 458 g/mol. The summed E-state index contributed by atoms with van der Waals surface area (Å²) in [6.45, 7) is 4.44. The Labute approximate surface area is 184 Å². The number of hydrogen-bond donors (Lipinski definition) is 1. The first-order valence-corrected chi connectivity index (χ1v) is 10.6. The molecule has 3 aromatic rings. The summed E-state index contributed by atoms with van der Waals surface area (Å²) < 4.78 is 6.76. The molecule has 1 saturated heterocycles. The zero-order valence-corrected chi connectivity index (χ0v) is 18.5. The lowest BCUT2D eigenvalue weighted by Gasteiger charge is -2.26. The largest absolute Gasteiger partial charge is 0.465 e. The number of fused-ring (bicyclic) bond motifs is 1. The number of nitrogens with zero attached hydrogens (tertiary/aromatic N) is 1. The molecule has 1 amide bonds. The molecule has 1 unspecified atom stereocenters. The number of furan rings is 1. The molecule has 150 valence electrons. The van der Waals surface area contributed by atoms with Crippen LogP contribution in [0.15, 0.2) is 34.7 Å². The van der Waals surface area contributed by atoms with Gasteiger partial charge in [-0.3, -0.25) is 9.69 Å². The van der Waals surface area contributed by atoms with Crippen molar-refractivity contribution < 1.29 is 9.21 Å². The van der Waals surface area contributed by atoms with Gasteiger partial charge in [0.2, 0.25) is 0 Å². The van der Waals surface area contributed by atoms with Crippen LogP contribution in [0.5, 0.6) is 0 Å². The van der Waals surface area contributed by atoms with Crippen molar-refractivity contribution >= 4 is 62.9 Å². The van der Waals surface area contributed by atoms with Gasteiger partial charge in [0.15, 0.2) is 0 Å². The van der Waals surface area contributed by atoms with Crippen molar-refractivity contribution in [3.8, 4) is 0 Å². The number of halogens is 3. The van der Waals surface area contributed by atoms with Crippen molar-refractivity contribution in [1.29, 1.82) is 0 Å². The molecule has 1 aliphatic heterocycles. The molecule has 4 nitrogen and oxygen atoms in total. The minimum Gasteiger partial charge on any atom is -0.465 e. The van der Waals surface area contributed by atoms with Crippen molar-refractivity contribution in [2.75, 3.05) is 19.6 Å². The highest BCUT2D eigenvalue weighted by Gasteiger charge is 2.27. The van der Waals surface area contributed by atoms with Gasteiger partial charge in [0.1, 0.15) is 16.4 Å². The molecule has 1 atom stereocenters. The predicted octanol–water partition coefficient (Wildman–Crippen LogP) is 6.10. The summed E-state index contributed by atoms with van der Waals surface area (Å²) in [7, 11) is 0. The van der Waals surface area contributed by atoms with Gasteiger partial charge in [-0.2, -0.15) is 0 Å². The van der Waals surface area contributed by atoms with Crippen molar-refractivity contribution in [2.45, 2.75) is 25.8 Å². The number of hydrogen-bond acceptors (Lipinski definition) is 4. The van der Waals surface area contributed by atoms with E-state index < -0.39 is 0 Å². The molecule has 1 N–H and O–H groups in total. The minimum atomic E-state index is -0.176. The quantitative estimate of drug-likeness (QED) is 0.501. The Bertz CT molecular complexity index is 979. The summed E-state index contributed by atoms with van der Waals surface area (Å²) in [6, 6.07) is 9.56. The van der Waals surface area contributed by atoms with Crippen LogP contribution in [0, 0.1) is 6.92 Å². The number of amides is 1. The molecule has 0 spiro atoms. The van der Waals surface area contributed by atoms with Crippen molar-refractivity contribution in [2.24, 2.45) is 0 Å². The normalized spacial score (nSPS) is 15.5.